The van der Waals surface area contributed by atoms with Gasteiger partial charge in [0, 0.05) is 4.88 Å². The van der Waals surface area contributed by atoms with E-state index in [4.69, 9.17) is 4.74 Å². The van der Waals surface area contributed by atoms with Gasteiger partial charge in [0.15, 0.2) is 6.61 Å². The van der Waals surface area contributed by atoms with Gasteiger partial charge in [-0.3, -0.25) is 9.59 Å². The summed E-state index contributed by atoms with van der Waals surface area (Å²) in [7, 11) is 0. The summed E-state index contributed by atoms with van der Waals surface area (Å²) in [5.41, 5.74) is 1.62. The van der Waals surface area contributed by atoms with E-state index in [0.717, 1.165) is 16.0 Å². The molecule has 0 unspecified atom stereocenters. The quantitative estimate of drug-likeness (QED) is 0.623. The van der Waals surface area contributed by atoms with Gasteiger partial charge in [0.05, 0.1) is 12.5 Å². The van der Waals surface area contributed by atoms with Gasteiger partial charge in [-0.25, -0.2) is 4.39 Å². The molecular formula is C19H16FNO3S2. The number of esters is 1. The molecule has 0 aliphatic rings. The highest BCUT2D eigenvalue weighted by Crippen LogP contribution is 2.26. The Morgan fingerprint density at radius 1 is 1.12 bits per heavy atom. The summed E-state index contributed by atoms with van der Waals surface area (Å²) >= 11 is 2.98. The zero-order valence-corrected chi connectivity index (χ0v) is 15.3. The van der Waals surface area contributed by atoms with Crippen LogP contribution >= 0.6 is 22.7 Å². The van der Waals surface area contributed by atoms with Gasteiger partial charge >= 0.3 is 5.97 Å². The second kappa shape index (κ2) is 8.73. The summed E-state index contributed by atoms with van der Waals surface area (Å²) in [4.78, 5) is 25.0. The normalized spacial score (nSPS) is 11.7. The van der Waals surface area contributed by atoms with E-state index in [1.807, 2.05) is 34.3 Å². The summed E-state index contributed by atoms with van der Waals surface area (Å²) in [5.74, 6) is -1.20. The second-order valence-corrected chi connectivity index (χ2v) is 7.30. The molecule has 0 bridgehead atoms. The first-order valence-corrected chi connectivity index (χ1v) is 9.69. The predicted octanol–water partition coefficient (Wildman–Crippen LogP) is 3.94. The molecule has 3 aromatic rings. The van der Waals surface area contributed by atoms with E-state index in [0.29, 0.717) is 0 Å². The molecule has 0 spiro atoms. The van der Waals surface area contributed by atoms with Crippen LogP contribution in [0.2, 0.25) is 0 Å². The lowest BCUT2D eigenvalue weighted by molar-refractivity contribution is -0.148. The first kappa shape index (κ1) is 18.3. The molecule has 0 saturated carbocycles. The molecule has 1 aromatic carbocycles. The summed E-state index contributed by atoms with van der Waals surface area (Å²) in [6, 6.07) is 11.1. The van der Waals surface area contributed by atoms with E-state index in [1.54, 1.807) is 12.1 Å². The lowest BCUT2D eigenvalue weighted by Crippen LogP contribution is -2.32. The van der Waals surface area contributed by atoms with Crippen molar-refractivity contribution in [3.8, 4) is 0 Å². The Labute approximate surface area is 158 Å². The van der Waals surface area contributed by atoms with E-state index in [-0.39, 0.29) is 18.8 Å². The minimum Gasteiger partial charge on any atom is -0.455 e. The van der Waals surface area contributed by atoms with Crippen molar-refractivity contribution in [2.75, 3.05) is 6.61 Å². The Hall–Kier alpha value is -2.51. The molecule has 0 aliphatic carbocycles. The SMILES string of the molecule is O=C(COC(=O)Cc1ccsc1)N[C@@H](c1ccc(F)cc1)c1cccs1. The third kappa shape index (κ3) is 5.00. The molecule has 1 N–H and O–H groups in total. The van der Waals surface area contributed by atoms with E-state index >= 15 is 0 Å². The minimum atomic E-state index is -0.451. The van der Waals surface area contributed by atoms with Gasteiger partial charge in [-0.1, -0.05) is 18.2 Å². The summed E-state index contributed by atoms with van der Waals surface area (Å²) in [5, 5.41) is 8.49. The van der Waals surface area contributed by atoms with Gasteiger partial charge < -0.3 is 10.1 Å². The molecular weight excluding hydrogens is 373 g/mol. The third-order valence-corrected chi connectivity index (χ3v) is 5.30. The Balaban J connectivity index is 1.60. The molecule has 134 valence electrons. The summed E-state index contributed by atoms with van der Waals surface area (Å²) in [6.45, 7) is -0.355. The molecule has 1 amide bonds. The number of rotatable bonds is 7. The Bertz CT molecular complexity index is 846. The number of benzene rings is 1. The first-order valence-electron chi connectivity index (χ1n) is 7.87. The Kier molecular flexibility index (Phi) is 6.14. The van der Waals surface area contributed by atoms with Crippen LogP contribution in [-0.4, -0.2) is 18.5 Å². The van der Waals surface area contributed by atoms with Gasteiger partial charge in [0.1, 0.15) is 5.82 Å². The lowest BCUT2D eigenvalue weighted by atomic mass is 10.1. The molecule has 0 saturated heterocycles. The molecule has 26 heavy (non-hydrogen) atoms. The van der Waals surface area contributed by atoms with Gasteiger partial charge in [-0.15, -0.1) is 11.3 Å². The van der Waals surface area contributed by atoms with Crippen molar-refractivity contribution < 1.29 is 18.7 Å². The molecule has 1 atom stereocenters. The average Bonchev–Trinajstić information content (AvgIpc) is 3.33. The number of carbonyl (C=O) groups is 2. The van der Waals surface area contributed by atoms with Gasteiger partial charge in [-0.05, 0) is 51.5 Å². The van der Waals surface area contributed by atoms with Crippen molar-refractivity contribution >= 4 is 34.6 Å². The zero-order chi connectivity index (χ0) is 18.4. The summed E-state index contributed by atoms with van der Waals surface area (Å²) in [6.07, 6.45) is 0.142. The van der Waals surface area contributed by atoms with E-state index in [2.05, 4.69) is 5.32 Å². The predicted molar refractivity (Wildman–Crippen MR) is 99.7 cm³/mol. The molecule has 2 heterocycles. The van der Waals surface area contributed by atoms with Crippen molar-refractivity contribution in [3.05, 3.63) is 80.4 Å². The molecule has 0 aliphatic heterocycles. The molecule has 4 nitrogen and oxygen atoms in total. The molecule has 7 heteroatoms. The fourth-order valence-corrected chi connectivity index (χ4v) is 3.86. The van der Waals surface area contributed by atoms with Crippen LogP contribution in [-0.2, 0) is 20.7 Å². The number of hydrogen-bond donors (Lipinski definition) is 1. The standard InChI is InChI=1S/C19H16FNO3S2/c20-15-5-3-14(4-6-15)19(16-2-1-8-26-16)21-17(22)11-24-18(23)10-13-7-9-25-12-13/h1-9,12,19H,10-11H2,(H,21,22)/t19-/m0/s1. The fraction of sp³-hybridized carbons (Fsp3) is 0.158. The van der Waals surface area contributed by atoms with Gasteiger partial charge in [-0.2, -0.15) is 11.3 Å². The number of nitrogens with one attached hydrogen (secondary N) is 1. The maximum atomic E-state index is 13.2. The first-order chi connectivity index (χ1) is 12.6. The number of amides is 1. The van der Waals surface area contributed by atoms with E-state index in [1.165, 1.54) is 34.8 Å². The lowest BCUT2D eigenvalue weighted by Gasteiger charge is -2.18. The highest BCUT2D eigenvalue weighted by Gasteiger charge is 2.19. The van der Waals surface area contributed by atoms with Crippen molar-refractivity contribution in [1.82, 2.24) is 5.32 Å². The zero-order valence-electron chi connectivity index (χ0n) is 13.7. The molecule has 0 radical (unpaired) electrons. The van der Waals surface area contributed by atoms with E-state index in [9.17, 15) is 14.0 Å². The van der Waals surface area contributed by atoms with Crippen LogP contribution in [0.4, 0.5) is 4.39 Å². The molecule has 0 fully saturated rings. The Morgan fingerprint density at radius 2 is 1.92 bits per heavy atom. The maximum absolute atomic E-state index is 13.2. The number of hydrogen-bond acceptors (Lipinski definition) is 5. The highest BCUT2D eigenvalue weighted by atomic mass is 32.1. The maximum Gasteiger partial charge on any atom is 0.310 e. The van der Waals surface area contributed by atoms with Gasteiger partial charge in [0.25, 0.3) is 5.91 Å². The van der Waals surface area contributed by atoms with Crippen LogP contribution in [0.5, 0.6) is 0 Å². The third-order valence-electron chi connectivity index (χ3n) is 3.63. The smallest absolute Gasteiger partial charge is 0.310 e. The number of thiophene rings is 2. The van der Waals surface area contributed by atoms with Gasteiger partial charge in [0.2, 0.25) is 0 Å². The largest absolute Gasteiger partial charge is 0.455 e. The van der Waals surface area contributed by atoms with E-state index < -0.39 is 17.9 Å². The topological polar surface area (TPSA) is 55.4 Å². The van der Waals surface area contributed by atoms with Crippen molar-refractivity contribution in [3.63, 3.8) is 0 Å². The fourth-order valence-electron chi connectivity index (χ4n) is 2.39. The van der Waals surface area contributed by atoms with Crippen molar-refractivity contribution in [1.29, 1.82) is 0 Å². The second-order valence-electron chi connectivity index (χ2n) is 5.54. The number of ether oxygens (including phenoxy) is 1. The van der Waals surface area contributed by atoms with Crippen LogP contribution < -0.4 is 5.32 Å². The van der Waals surface area contributed by atoms with Crippen LogP contribution in [0, 0.1) is 5.82 Å². The monoisotopic (exact) mass is 389 g/mol. The highest BCUT2D eigenvalue weighted by molar-refractivity contribution is 7.10. The van der Waals surface area contributed by atoms with Crippen LogP contribution in [0.15, 0.2) is 58.6 Å². The molecule has 3 rings (SSSR count). The number of carbonyl (C=O) groups excluding carboxylic acids is 2. The minimum absolute atomic E-state index is 0.142. The average molecular weight is 389 g/mol. The summed E-state index contributed by atoms with van der Waals surface area (Å²) < 4.78 is 18.2. The van der Waals surface area contributed by atoms with Crippen molar-refractivity contribution in [2.45, 2.75) is 12.5 Å². The van der Waals surface area contributed by atoms with Crippen LogP contribution in [0.3, 0.4) is 0 Å². The molecule has 2 aromatic heterocycles. The van der Waals surface area contributed by atoms with Crippen LogP contribution in [0.1, 0.15) is 22.0 Å². The van der Waals surface area contributed by atoms with Crippen molar-refractivity contribution in [2.24, 2.45) is 0 Å². The van der Waals surface area contributed by atoms with Crippen LogP contribution in [0.25, 0.3) is 0 Å². The number of halogens is 1. The Morgan fingerprint density at radius 3 is 2.58 bits per heavy atom.